The van der Waals surface area contributed by atoms with Crippen LogP contribution in [0.15, 0.2) is 16.8 Å². The zero-order valence-corrected chi connectivity index (χ0v) is 11.5. The van der Waals surface area contributed by atoms with Crippen molar-refractivity contribution in [2.75, 3.05) is 0 Å². The van der Waals surface area contributed by atoms with Crippen molar-refractivity contribution in [3.63, 3.8) is 0 Å². The molecular formula is C15H27NO. The number of hydrogen-bond acceptors (Lipinski definition) is 2. The second kappa shape index (κ2) is 9.26. The molecular weight excluding hydrogens is 210 g/mol. The van der Waals surface area contributed by atoms with Crippen LogP contribution >= 0.6 is 0 Å². The van der Waals surface area contributed by atoms with Gasteiger partial charge in [-0.25, -0.2) is 0 Å². The molecule has 0 aliphatic rings. The minimum absolute atomic E-state index is 0.598. The minimum atomic E-state index is 0.598. The molecule has 1 atom stereocenters. The summed E-state index contributed by atoms with van der Waals surface area (Å²) in [4.78, 5) is 0. The Balaban J connectivity index is 2.31. The predicted molar refractivity (Wildman–Crippen MR) is 72.1 cm³/mol. The second-order valence-corrected chi connectivity index (χ2v) is 4.96. The molecule has 0 radical (unpaired) electrons. The van der Waals surface area contributed by atoms with E-state index in [0.29, 0.717) is 5.92 Å². The first-order valence-corrected chi connectivity index (χ1v) is 7.29. The molecule has 0 fully saturated rings. The van der Waals surface area contributed by atoms with E-state index in [1.165, 1.54) is 57.8 Å². The first-order valence-electron chi connectivity index (χ1n) is 7.29. The van der Waals surface area contributed by atoms with Crippen LogP contribution in [0.1, 0.15) is 83.3 Å². The van der Waals surface area contributed by atoms with Gasteiger partial charge in [0.05, 0.1) is 6.20 Å². The molecule has 0 N–H and O–H groups in total. The highest BCUT2D eigenvalue weighted by Crippen LogP contribution is 2.27. The Bertz CT molecular complexity index is 256. The molecule has 1 heterocycles. The molecule has 1 unspecified atom stereocenters. The van der Waals surface area contributed by atoms with E-state index < -0.39 is 0 Å². The van der Waals surface area contributed by atoms with Gasteiger partial charge in [-0.3, -0.25) is 0 Å². The smallest absolute Gasteiger partial charge is 0.139 e. The highest BCUT2D eigenvalue weighted by atomic mass is 16.5. The van der Waals surface area contributed by atoms with Gasteiger partial charge in [0.2, 0.25) is 0 Å². The number of rotatable bonds is 10. The molecule has 1 aromatic heterocycles. The lowest BCUT2D eigenvalue weighted by Gasteiger charge is -2.13. The van der Waals surface area contributed by atoms with Crippen LogP contribution < -0.4 is 0 Å². The van der Waals surface area contributed by atoms with Crippen LogP contribution in [0.5, 0.6) is 0 Å². The number of aromatic nitrogens is 1. The summed E-state index contributed by atoms with van der Waals surface area (Å²) in [5.74, 6) is 1.69. The molecule has 0 aromatic carbocycles. The van der Waals surface area contributed by atoms with Gasteiger partial charge in [-0.05, 0) is 12.8 Å². The van der Waals surface area contributed by atoms with Crippen molar-refractivity contribution in [1.29, 1.82) is 0 Å². The molecule has 98 valence electrons. The van der Waals surface area contributed by atoms with Crippen LogP contribution in [0.3, 0.4) is 0 Å². The summed E-state index contributed by atoms with van der Waals surface area (Å²) in [6.07, 6.45) is 13.6. The molecule has 0 saturated carbocycles. The van der Waals surface area contributed by atoms with E-state index in [1.807, 2.05) is 6.07 Å². The van der Waals surface area contributed by atoms with Crippen molar-refractivity contribution in [2.24, 2.45) is 0 Å². The van der Waals surface area contributed by atoms with Crippen LogP contribution in [0, 0.1) is 0 Å². The van der Waals surface area contributed by atoms with E-state index in [0.717, 1.165) is 5.76 Å². The first-order chi connectivity index (χ1) is 8.38. The average Bonchev–Trinajstić information content (AvgIpc) is 2.86. The van der Waals surface area contributed by atoms with Crippen LogP contribution in [-0.4, -0.2) is 5.16 Å². The van der Waals surface area contributed by atoms with E-state index in [9.17, 15) is 0 Å². The largest absolute Gasteiger partial charge is 0.361 e. The van der Waals surface area contributed by atoms with Gasteiger partial charge in [-0.2, -0.15) is 0 Å². The molecule has 1 aromatic rings. The quantitative estimate of drug-likeness (QED) is 0.515. The average molecular weight is 237 g/mol. The van der Waals surface area contributed by atoms with Crippen molar-refractivity contribution >= 4 is 0 Å². The summed E-state index contributed by atoms with van der Waals surface area (Å²) in [7, 11) is 0. The highest BCUT2D eigenvalue weighted by Gasteiger charge is 2.14. The third-order valence-corrected chi connectivity index (χ3v) is 3.42. The van der Waals surface area contributed by atoms with Gasteiger partial charge in [-0.1, -0.05) is 63.9 Å². The predicted octanol–water partition coefficient (Wildman–Crippen LogP) is 5.31. The zero-order chi connectivity index (χ0) is 12.3. The Kier molecular flexibility index (Phi) is 7.78. The zero-order valence-electron chi connectivity index (χ0n) is 11.5. The number of hydrogen-bond donors (Lipinski definition) is 0. The summed E-state index contributed by atoms with van der Waals surface area (Å²) >= 11 is 0. The van der Waals surface area contributed by atoms with Gasteiger partial charge in [-0.15, -0.1) is 0 Å². The summed E-state index contributed by atoms with van der Waals surface area (Å²) in [6, 6.07) is 2.04. The minimum Gasteiger partial charge on any atom is -0.361 e. The second-order valence-electron chi connectivity index (χ2n) is 4.96. The molecule has 0 saturated heterocycles. The molecule has 0 amide bonds. The summed E-state index contributed by atoms with van der Waals surface area (Å²) in [6.45, 7) is 4.51. The topological polar surface area (TPSA) is 26.0 Å². The van der Waals surface area contributed by atoms with E-state index in [-0.39, 0.29) is 0 Å². The fourth-order valence-electron chi connectivity index (χ4n) is 2.32. The van der Waals surface area contributed by atoms with Crippen LogP contribution in [0.4, 0.5) is 0 Å². The third kappa shape index (κ3) is 5.90. The molecule has 0 spiro atoms. The molecule has 0 aliphatic heterocycles. The Morgan fingerprint density at radius 1 is 1.00 bits per heavy atom. The Labute approximate surface area is 106 Å². The molecule has 2 heteroatoms. The van der Waals surface area contributed by atoms with Crippen molar-refractivity contribution in [3.05, 3.63) is 18.0 Å². The van der Waals surface area contributed by atoms with Crippen LogP contribution in [-0.2, 0) is 0 Å². The summed E-state index contributed by atoms with van der Waals surface area (Å²) < 4.78 is 5.33. The van der Waals surface area contributed by atoms with Gasteiger partial charge in [0.25, 0.3) is 0 Å². The van der Waals surface area contributed by atoms with Gasteiger partial charge in [0, 0.05) is 12.0 Å². The van der Waals surface area contributed by atoms with Gasteiger partial charge < -0.3 is 4.52 Å². The number of nitrogens with zero attached hydrogens (tertiary/aromatic N) is 1. The number of unbranched alkanes of at least 4 members (excludes halogenated alkanes) is 5. The van der Waals surface area contributed by atoms with Crippen LogP contribution in [0.25, 0.3) is 0 Å². The normalized spacial score (nSPS) is 12.8. The standard InChI is InChI=1S/C15H27NO/c1-3-5-7-9-11-14(10-8-6-4-2)15-12-13-16-17-15/h12-14H,3-11H2,1-2H3. The van der Waals surface area contributed by atoms with Gasteiger partial charge >= 0.3 is 0 Å². The van der Waals surface area contributed by atoms with E-state index in [4.69, 9.17) is 4.52 Å². The van der Waals surface area contributed by atoms with Crippen molar-refractivity contribution < 1.29 is 4.52 Å². The third-order valence-electron chi connectivity index (χ3n) is 3.42. The van der Waals surface area contributed by atoms with Crippen molar-refractivity contribution in [3.8, 4) is 0 Å². The Morgan fingerprint density at radius 3 is 2.24 bits per heavy atom. The lowest BCUT2D eigenvalue weighted by molar-refractivity contribution is 0.338. The fraction of sp³-hybridized carbons (Fsp3) is 0.800. The maximum Gasteiger partial charge on any atom is 0.139 e. The Morgan fingerprint density at radius 2 is 1.65 bits per heavy atom. The van der Waals surface area contributed by atoms with E-state index in [2.05, 4.69) is 19.0 Å². The van der Waals surface area contributed by atoms with E-state index >= 15 is 0 Å². The fourth-order valence-corrected chi connectivity index (χ4v) is 2.32. The van der Waals surface area contributed by atoms with Crippen molar-refractivity contribution in [1.82, 2.24) is 5.16 Å². The van der Waals surface area contributed by atoms with Gasteiger partial charge in [0.1, 0.15) is 5.76 Å². The molecule has 0 bridgehead atoms. The maximum absolute atomic E-state index is 5.33. The van der Waals surface area contributed by atoms with Crippen molar-refractivity contribution in [2.45, 2.75) is 77.6 Å². The monoisotopic (exact) mass is 237 g/mol. The molecule has 2 nitrogen and oxygen atoms in total. The SMILES string of the molecule is CCCCCCC(CCCCC)c1ccno1. The highest BCUT2D eigenvalue weighted by molar-refractivity contribution is 5.01. The molecule has 17 heavy (non-hydrogen) atoms. The van der Waals surface area contributed by atoms with E-state index in [1.54, 1.807) is 6.20 Å². The van der Waals surface area contributed by atoms with Crippen LogP contribution in [0.2, 0.25) is 0 Å². The summed E-state index contributed by atoms with van der Waals surface area (Å²) in [5.41, 5.74) is 0. The Hall–Kier alpha value is -0.790. The lowest BCUT2D eigenvalue weighted by Crippen LogP contribution is -1.98. The lowest BCUT2D eigenvalue weighted by atomic mass is 9.92. The van der Waals surface area contributed by atoms with Gasteiger partial charge in [0.15, 0.2) is 0 Å². The molecule has 1 rings (SSSR count). The summed E-state index contributed by atoms with van der Waals surface area (Å²) in [5, 5.41) is 3.84. The first kappa shape index (κ1) is 14.3. The maximum atomic E-state index is 5.33. The molecule has 0 aliphatic carbocycles.